The summed E-state index contributed by atoms with van der Waals surface area (Å²) in [7, 11) is 1.58. The Bertz CT molecular complexity index is 669. The summed E-state index contributed by atoms with van der Waals surface area (Å²) in [5.41, 5.74) is 6.34. The van der Waals surface area contributed by atoms with Crippen LogP contribution in [0.15, 0.2) is 30.9 Å². The van der Waals surface area contributed by atoms with Crippen LogP contribution in [0.2, 0.25) is 0 Å². The van der Waals surface area contributed by atoms with E-state index in [4.69, 9.17) is 10.5 Å². The van der Waals surface area contributed by atoms with Crippen LogP contribution in [0.1, 0.15) is 9.67 Å². The number of methoxy groups -OCH3 is 1. The first-order valence-corrected chi connectivity index (χ1v) is 7.26. The third-order valence-electron chi connectivity index (χ3n) is 3.08. The Hall–Kier alpha value is -1.92. The molecule has 6 heteroatoms. The molecule has 1 aromatic carbocycles. The molecule has 0 saturated heterocycles. The van der Waals surface area contributed by atoms with Crippen molar-refractivity contribution in [2.45, 2.75) is 0 Å². The summed E-state index contributed by atoms with van der Waals surface area (Å²) in [5.74, 6) is -0.556. The average molecular weight is 308 g/mol. The molecule has 0 bridgehead atoms. The molecule has 0 radical (unpaired) electrons. The molecule has 0 unspecified atom stereocenters. The van der Waals surface area contributed by atoms with Crippen molar-refractivity contribution in [1.82, 2.24) is 4.90 Å². The minimum Gasteiger partial charge on any atom is -0.397 e. The lowest BCUT2D eigenvalue weighted by Crippen LogP contribution is -2.33. The fourth-order valence-electron chi connectivity index (χ4n) is 2.02. The van der Waals surface area contributed by atoms with Crippen molar-refractivity contribution >= 4 is 33.0 Å². The molecule has 112 valence electrons. The van der Waals surface area contributed by atoms with Crippen LogP contribution in [0.4, 0.5) is 10.1 Å². The molecule has 0 atom stereocenters. The number of nitrogens with two attached hydrogens (primary N) is 1. The second-order valence-corrected chi connectivity index (χ2v) is 5.57. The topological polar surface area (TPSA) is 55.6 Å². The summed E-state index contributed by atoms with van der Waals surface area (Å²) in [5, 5.41) is 0.577. The van der Waals surface area contributed by atoms with Gasteiger partial charge < -0.3 is 15.4 Å². The van der Waals surface area contributed by atoms with Gasteiger partial charge in [0.2, 0.25) is 0 Å². The lowest BCUT2D eigenvalue weighted by molar-refractivity contribution is 0.0724. The lowest BCUT2D eigenvalue weighted by Gasteiger charge is -2.20. The van der Waals surface area contributed by atoms with Gasteiger partial charge in [0.15, 0.2) is 0 Å². The summed E-state index contributed by atoms with van der Waals surface area (Å²) >= 11 is 1.27. The van der Waals surface area contributed by atoms with Crippen LogP contribution in [0, 0.1) is 5.82 Å². The van der Waals surface area contributed by atoms with Gasteiger partial charge in [-0.05, 0) is 18.2 Å². The van der Waals surface area contributed by atoms with Gasteiger partial charge in [0.1, 0.15) is 10.7 Å². The Morgan fingerprint density at radius 2 is 2.33 bits per heavy atom. The Morgan fingerprint density at radius 1 is 1.57 bits per heavy atom. The van der Waals surface area contributed by atoms with Gasteiger partial charge in [0, 0.05) is 30.3 Å². The van der Waals surface area contributed by atoms with Gasteiger partial charge in [-0.15, -0.1) is 17.9 Å². The summed E-state index contributed by atoms with van der Waals surface area (Å²) < 4.78 is 19.1. The smallest absolute Gasteiger partial charge is 0.266 e. The van der Waals surface area contributed by atoms with E-state index in [-0.39, 0.29) is 11.7 Å². The van der Waals surface area contributed by atoms with Crippen LogP contribution in [0.3, 0.4) is 0 Å². The standard InChI is InChI=1S/C15H17FN2O2S/c1-3-6-18(7-8-20-2)15(19)14-13(17)11-9-10(16)4-5-12(11)21-14/h3-5,9H,1,6-8,17H2,2H3. The van der Waals surface area contributed by atoms with Gasteiger partial charge >= 0.3 is 0 Å². The van der Waals surface area contributed by atoms with Crippen LogP contribution >= 0.6 is 11.3 Å². The molecule has 1 heterocycles. The highest BCUT2D eigenvalue weighted by molar-refractivity contribution is 7.21. The molecule has 0 aliphatic rings. The molecule has 0 fully saturated rings. The molecule has 4 nitrogen and oxygen atoms in total. The molecule has 2 N–H and O–H groups in total. The van der Waals surface area contributed by atoms with Crippen molar-refractivity contribution in [3.8, 4) is 0 Å². The van der Waals surface area contributed by atoms with Crippen molar-refractivity contribution in [3.63, 3.8) is 0 Å². The molecule has 2 aromatic rings. The van der Waals surface area contributed by atoms with Crippen molar-refractivity contribution in [1.29, 1.82) is 0 Å². The number of carbonyl (C=O) groups is 1. The van der Waals surface area contributed by atoms with E-state index in [1.54, 1.807) is 24.2 Å². The molecule has 0 saturated carbocycles. The van der Waals surface area contributed by atoms with Crippen LogP contribution < -0.4 is 5.73 Å². The van der Waals surface area contributed by atoms with E-state index >= 15 is 0 Å². The number of nitrogens with zero attached hydrogens (tertiary/aromatic N) is 1. The van der Waals surface area contributed by atoms with Gasteiger partial charge in [-0.3, -0.25) is 4.79 Å². The predicted molar refractivity (Wildman–Crippen MR) is 84.2 cm³/mol. The number of fused-ring (bicyclic) bond motifs is 1. The highest BCUT2D eigenvalue weighted by atomic mass is 32.1. The van der Waals surface area contributed by atoms with E-state index in [0.29, 0.717) is 35.6 Å². The number of amides is 1. The number of anilines is 1. The Morgan fingerprint density at radius 3 is 3.00 bits per heavy atom. The van der Waals surface area contributed by atoms with Gasteiger partial charge in [-0.1, -0.05) is 6.08 Å². The van der Waals surface area contributed by atoms with Crippen LogP contribution in [0.25, 0.3) is 10.1 Å². The largest absolute Gasteiger partial charge is 0.397 e. The summed E-state index contributed by atoms with van der Waals surface area (Å²) in [4.78, 5) is 14.6. The highest BCUT2D eigenvalue weighted by Gasteiger charge is 2.21. The van der Waals surface area contributed by atoms with Gasteiger partial charge in [-0.2, -0.15) is 0 Å². The van der Waals surface area contributed by atoms with Gasteiger partial charge in [0.05, 0.1) is 12.3 Å². The van der Waals surface area contributed by atoms with Crippen molar-refractivity contribution in [2.24, 2.45) is 0 Å². The molecule has 0 aliphatic heterocycles. The number of ether oxygens (including phenoxy) is 1. The maximum Gasteiger partial charge on any atom is 0.266 e. The number of hydrogen-bond acceptors (Lipinski definition) is 4. The molecule has 1 amide bonds. The average Bonchev–Trinajstić information content (AvgIpc) is 2.80. The molecule has 21 heavy (non-hydrogen) atoms. The Balaban J connectivity index is 2.36. The van der Waals surface area contributed by atoms with E-state index in [1.165, 1.54) is 23.5 Å². The molecular formula is C15H17FN2O2S. The van der Waals surface area contributed by atoms with E-state index in [1.807, 2.05) is 0 Å². The first-order valence-electron chi connectivity index (χ1n) is 6.45. The fourth-order valence-corrected chi connectivity index (χ4v) is 3.10. The Kier molecular flexibility index (Phi) is 4.93. The predicted octanol–water partition coefficient (Wildman–Crippen LogP) is 2.90. The molecular weight excluding hydrogens is 291 g/mol. The van der Waals surface area contributed by atoms with E-state index in [0.717, 1.165) is 4.70 Å². The van der Waals surface area contributed by atoms with Crippen LogP contribution in [0.5, 0.6) is 0 Å². The minimum absolute atomic E-state index is 0.189. The zero-order valence-corrected chi connectivity index (χ0v) is 12.6. The number of hydrogen-bond donors (Lipinski definition) is 1. The zero-order chi connectivity index (χ0) is 15.4. The quantitative estimate of drug-likeness (QED) is 0.835. The molecule has 0 spiro atoms. The van der Waals surface area contributed by atoms with E-state index in [9.17, 15) is 9.18 Å². The normalized spacial score (nSPS) is 10.8. The fraction of sp³-hybridized carbons (Fsp3) is 0.267. The van der Waals surface area contributed by atoms with Crippen molar-refractivity contribution < 1.29 is 13.9 Å². The SMILES string of the molecule is C=CCN(CCOC)C(=O)c1sc2ccc(F)cc2c1N. The summed E-state index contributed by atoms with van der Waals surface area (Å²) in [6.45, 7) is 4.93. The molecule has 2 rings (SSSR count). The third-order valence-corrected chi connectivity index (χ3v) is 4.26. The number of thiophene rings is 1. The highest BCUT2D eigenvalue weighted by Crippen LogP contribution is 2.34. The molecule has 0 aliphatic carbocycles. The summed E-state index contributed by atoms with van der Waals surface area (Å²) in [6, 6.07) is 4.35. The maximum absolute atomic E-state index is 13.3. The third kappa shape index (κ3) is 3.22. The van der Waals surface area contributed by atoms with Crippen molar-refractivity contribution in [3.05, 3.63) is 41.5 Å². The van der Waals surface area contributed by atoms with Crippen LogP contribution in [-0.4, -0.2) is 37.6 Å². The Labute approximate surface area is 126 Å². The summed E-state index contributed by atoms with van der Waals surface area (Å²) in [6.07, 6.45) is 1.65. The van der Waals surface area contributed by atoms with Crippen molar-refractivity contribution in [2.75, 3.05) is 32.5 Å². The first-order chi connectivity index (χ1) is 10.1. The zero-order valence-electron chi connectivity index (χ0n) is 11.8. The number of halogens is 1. The minimum atomic E-state index is -0.367. The number of nitrogen functional groups attached to an aromatic ring is 1. The maximum atomic E-state index is 13.3. The van der Waals surface area contributed by atoms with Gasteiger partial charge in [-0.25, -0.2) is 4.39 Å². The van der Waals surface area contributed by atoms with E-state index in [2.05, 4.69) is 6.58 Å². The second kappa shape index (κ2) is 6.69. The first kappa shape index (κ1) is 15.5. The number of benzene rings is 1. The lowest BCUT2D eigenvalue weighted by atomic mass is 10.2. The number of rotatable bonds is 6. The second-order valence-electron chi connectivity index (χ2n) is 4.52. The number of carbonyl (C=O) groups excluding carboxylic acids is 1. The van der Waals surface area contributed by atoms with Crippen LogP contribution in [-0.2, 0) is 4.74 Å². The van der Waals surface area contributed by atoms with Gasteiger partial charge in [0.25, 0.3) is 5.91 Å². The molecule has 1 aromatic heterocycles. The monoisotopic (exact) mass is 308 g/mol. The van der Waals surface area contributed by atoms with E-state index < -0.39 is 0 Å².